The third-order valence-electron chi connectivity index (χ3n) is 4.75. The minimum absolute atomic E-state index is 0.0973. The van der Waals surface area contributed by atoms with Crippen LogP contribution in [-0.2, 0) is 26.6 Å². The molecule has 10 heteroatoms. The second kappa shape index (κ2) is 9.49. The Hall–Kier alpha value is -1.91. The normalized spacial score (nSPS) is 15.6. The molecule has 1 aromatic heterocycles. The van der Waals surface area contributed by atoms with Crippen LogP contribution in [0.3, 0.4) is 0 Å². The number of carbonyl (C=O) groups is 2. The molecule has 170 valence electrons. The Balaban J connectivity index is 2.26. The van der Waals surface area contributed by atoms with Crippen LogP contribution in [0.5, 0.6) is 0 Å². The number of rotatable bonds is 8. The van der Waals surface area contributed by atoms with Crippen molar-refractivity contribution in [3.8, 4) is 0 Å². The van der Waals surface area contributed by atoms with E-state index in [0.29, 0.717) is 26.2 Å². The van der Waals surface area contributed by atoms with Crippen LogP contribution in [0, 0.1) is 0 Å². The maximum absolute atomic E-state index is 13.2. The summed E-state index contributed by atoms with van der Waals surface area (Å²) in [4.78, 5) is 28.9. The third-order valence-corrected chi connectivity index (χ3v) is 6.61. The summed E-state index contributed by atoms with van der Waals surface area (Å²) in [7, 11) is 1.75. The van der Waals surface area contributed by atoms with Crippen LogP contribution >= 0.6 is 0 Å². The van der Waals surface area contributed by atoms with Crippen molar-refractivity contribution in [2.24, 2.45) is 7.05 Å². The summed E-state index contributed by atoms with van der Waals surface area (Å²) in [6.07, 6.45) is 3.14. The summed E-state index contributed by atoms with van der Waals surface area (Å²) in [5.74, 6) is -0.915. The van der Waals surface area contributed by atoms with Gasteiger partial charge in [0.15, 0.2) is 0 Å². The van der Waals surface area contributed by atoms with E-state index >= 15 is 0 Å². The molecule has 2 rings (SSSR count). The standard InChI is InChI=1S/C20H34N4O5S/c1-20(2,3)29-18(25)15-23(12-11-21(4)5)19(26)17-13-16(14-22(17)6)30(27,28)24-9-7-8-10-24/h13-14H,7-12,15H2,1-6H3. The van der Waals surface area contributed by atoms with Gasteiger partial charge in [0.1, 0.15) is 22.7 Å². The monoisotopic (exact) mass is 442 g/mol. The van der Waals surface area contributed by atoms with Gasteiger partial charge >= 0.3 is 5.97 Å². The molecule has 0 unspecified atom stereocenters. The number of amides is 1. The molecule has 30 heavy (non-hydrogen) atoms. The Kier molecular flexibility index (Phi) is 7.70. The molecule has 1 aromatic rings. The number of esters is 1. The molecule has 0 atom stereocenters. The lowest BCUT2D eigenvalue weighted by Crippen LogP contribution is -2.42. The van der Waals surface area contributed by atoms with Crippen molar-refractivity contribution in [1.29, 1.82) is 0 Å². The Bertz CT molecular complexity index is 864. The molecule has 1 saturated heterocycles. The zero-order valence-corrected chi connectivity index (χ0v) is 19.7. The first-order chi connectivity index (χ1) is 13.8. The Labute approximate surface area is 179 Å². The number of ether oxygens (including phenoxy) is 1. The Morgan fingerprint density at radius 3 is 2.27 bits per heavy atom. The molecule has 0 aliphatic carbocycles. The van der Waals surface area contributed by atoms with Crippen molar-refractivity contribution in [1.82, 2.24) is 18.7 Å². The molecule has 1 aliphatic rings. The average Bonchev–Trinajstić information content (AvgIpc) is 3.26. The van der Waals surface area contributed by atoms with Gasteiger partial charge in [-0.3, -0.25) is 9.59 Å². The zero-order chi connectivity index (χ0) is 22.7. The lowest BCUT2D eigenvalue weighted by atomic mass is 10.2. The summed E-state index contributed by atoms with van der Waals surface area (Å²) in [6, 6.07) is 1.40. The predicted octanol–water partition coefficient (Wildman–Crippen LogP) is 1.16. The van der Waals surface area contributed by atoms with Gasteiger partial charge in [-0.25, -0.2) is 8.42 Å². The first-order valence-electron chi connectivity index (χ1n) is 10.1. The number of likely N-dealkylation sites (N-methyl/N-ethyl adjacent to an activating group) is 1. The van der Waals surface area contributed by atoms with Crippen LogP contribution < -0.4 is 0 Å². The summed E-state index contributed by atoms with van der Waals surface area (Å²) in [5, 5.41) is 0. The second-order valence-electron chi connectivity index (χ2n) is 8.90. The van der Waals surface area contributed by atoms with Gasteiger partial charge in [0.05, 0.1) is 0 Å². The van der Waals surface area contributed by atoms with Gasteiger partial charge in [0.2, 0.25) is 10.0 Å². The van der Waals surface area contributed by atoms with Gasteiger partial charge in [0.25, 0.3) is 5.91 Å². The van der Waals surface area contributed by atoms with E-state index in [-0.39, 0.29) is 17.1 Å². The highest BCUT2D eigenvalue weighted by Crippen LogP contribution is 2.23. The van der Waals surface area contributed by atoms with E-state index in [9.17, 15) is 18.0 Å². The van der Waals surface area contributed by atoms with Gasteiger partial charge in [-0.15, -0.1) is 0 Å². The van der Waals surface area contributed by atoms with E-state index in [1.165, 1.54) is 26.0 Å². The molecule has 1 fully saturated rings. The van der Waals surface area contributed by atoms with Crippen molar-refractivity contribution >= 4 is 21.9 Å². The summed E-state index contributed by atoms with van der Waals surface area (Å²) in [6.45, 7) is 6.95. The maximum Gasteiger partial charge on any atom is 0.326 e. The smallest absolute Gasteiger partial charge is 0.326 e. The first-order valence-corrected chi connectivity index (χ1v) is 11.6. The number of aryl methyl sites for hydroxylation is 1. The predicted molar refractivity (Wildman–Crippen MR) is 114 cm³/mol. The molecule has 0 spiro atoms. The number of carbonyl (C=O) groups excluding carboxylic acids is 2. The van der Waals surface area contributed by atoms with Crippen molar-refractivity contribution in [2.75, 3.05) is 46.8 Å². The van der Waals surface area contributed by atoms with Crippen LogP contribution in [0.15, 0.2) is 17.2 Å². The zero-order valence-electron chi connectivity index (χ0n) is 18.8. The van der Waals surface area contributed by atoms with E-state index in [0.717, 1.165) is 12.8 Å². The molecule has 0 saturated carbocycles. The van der Waals surface area contributed by atoms with Crippen LogP contribution in [0.2, 0.25) is 0 Å². The van der Waals surface area contributed by atoms with E-state index in [2.05, 4.69) is 0 Å². The summed E-state index contributed by atoms with van der Waals surface area (Å²) in [5.41, 5.74) is -0.440. The quantitative estimate of drug-likeness (QED) is 0.561. The van der Waals surface area contributed by atoms with Gasteiger partial charge in [-0.1, -0.05) is 0 Å². The molecule has 1 amide bonds. The van der Waals surface area contributed by atoms with Gasteiger partial charge in [0, 0.05) is 39.4 Å². The van der Waals surface area contributed by atoms with Crippen molar-refractivity contribution < 1.29 is 22.7 Å². The summed E-state index contributed by atoms with van der Waals surface area (Å²) >= 11 is 0. The molecular weight excluding hydrogens is 408 g/mol. The number of nitrogens with zero attached hydrogens (tertiary/aromatic N) is 4. The van der Waals surface area contributed by atoms with E-state index in [1.54, 1.807) is 27.8 Å². The fraction of sp³-hybridized carbons (Fsp3) is 0.700. The molecular formula is C20H34N4O5S. The molecule has 0 aromatic carbocycles. The number of aromatic nitrogens is 1. The van der Waals surface area contributed by atoms with Crippen LogP contribution in [-0.4, -0.2) is 91.4 Å². The SMILES string of the molecule is CN(C)CCN(CC(=O)OC(C)(C)C)C(=O)c1cc(S(=O)(=O)N2CCCC2)cn1C. The molecule has 9 nitrogen and oxygen atoms in total. The van der Waals surface area contributed by atoms with E-state index in [4.69, 9.17) is 4.74 Å². The lowest BCUT2D eigenvalue weighted by molar-refractivity contribution is -0.155. The third kappa shape index (κ3) is 6.29. The molecule has 0 N–H and O–H groups in total. The fourth-order valence-corrected chi connectivity index (χ4v) is 4.82. The molecule has 2 heterocycles. The molecule has 0 bridgehead atoms. The molecule has 0 radical (unpaired) electrons. The number of hydrogen-bond donors (Lipinski definition) is 0. The van der Waals surface area contributed by atoms with Gasteiger partial charge < -0.3 is 19.1 Å². The van der Waals surface area contributed by atoms with Gasteiger partial charge in [-0.05, 0) is 53.8 Å². The first kappa shape index (κ1) is 24.4. The fourth-order valence-electron chi connectivity index (χ4n) is 3.23. The minimum atomic E-state index is -3.63. The Morgan fingerprint density at radius 2 is 1.73 bits per heavy atom. The van der Waals surface area contributed by atoms with E-state index < -0.39 is 27.5 Å². The van der Waals surface area contributed by atoms with Crippen LogP contribution in [0.25, 0.3) is 0 Å². The second-order valence-corrected chi connectivity index (χ2v) is 10.8. The largest absolute Gasteiger partial charge is 0.459 e. The maximum atomic E-state index is 13.2. The highest BCUT2D eigenvalue weighted by atomic mass is 32.2. The average molecular weight is 443 g/mol. The highest BCUT2D eigenvalue weighted by molar-refractivity contribution is 7.89. The van der Waals surface area contributed by atoms with E-state index in [1.807, 2.05) is 19.0 Å². The van der Waals surface area contributed by atoms with Crippen molar-refractivity contribution in [2.45, 2.75) is 44.1 Å². The van der Waals surface area contributed by atoms with Crippen LogP contribution in [0.1, 0.15) is 44.1 Å². The number of sulfonamides is 1. The Morgan fingerprint density at radius 1 is 1.13 bits per heavy atom. The lowest BCUT2D eigenvalue weighted by Gasteiger charge is -2.26. The van der Waals surface area contributed by atoms with Crippen molar-refractivity contribution in [3.05, 3.63) is 18.0 Å². The highest BCUT2D eigenvalue weighted by Gasteiger charge is 2.31. The van der Waals surface area contributed by atoms with Gasteiger partial charge in [-0.2, -0.15) is 4.31 Å². The number of hydrogen-bond acceptors (Lipinski definition) is 6. The minimum Gasteiger partial charge on any atom is -0.459 e. The van der Waals surface area contributed by atoms with Crippen LogP contribution in [0.4, 0.5) is 0 Å². The molecule has 1 aliphatic heterocycles. The summed E-state index contributed by atoms with van der Waals surface area (Å²) < 4.78 is 34.0. The topological polar surface area (TPSA) is 92.2 Å². The van der Waals surface area contributed by atoms with Crippen molar-refractivity contribution in [3.63, 3.8) is 0 Å².